The largest absolute Gasteiger partial charge is 0.508 e. The minimum absolute atomic E-state index is 0. The molecule has 0 saturated heterocycles. The fourth-order valence-corrected chi connectivity index (χ4v) is 1.90. The SMILES string of the molecule is Oc1ccccc1.Oc1ccccc1.[Cu].c1ccc(OOOc2ccccc2)cc1. The summed E-state index contributed by atoms with van der Waals surface area (Å²) in [7, 11) is 0. The first-order valence-electron chi connectivity index (χ1n) is 8.83. The van der Waals surface area contributed by atoms with Gasteiger partial charge in [0.1, 0.15) is 11.5 Å². The first kappa shape index (κ1) is 24.6. The van der Waals surface area contributed by atoms with Gasteiger partial charge in [-0.05, 0) is 48.5 Å². The molecule has 159 valence electrons. The number of rotatable bonds is 4. The number of phenolic OH excluding ortho intramolecular Hbond substituents is 2. The number of hydrogen-bond donors (Lipinski definition) is 2. The van der Waals surface area contributed by atoms with Crippen LogP contribution in [-0.4, -0.2) is 10.2 Å². The smallest absolute Gasteiger partial charge is 0.169 e. The summed E-state index contributed by atoms with van der Waals surface area (Å²) in [5.74, 6) is 1.83. The van der Waals surface area contributed by atoms with Crippen molar-refractivity contribution < 1.29 is 42.1 Å². The third-order valence-electron chi connectivity index (χ3n) is 3.26. The molecule has 0 unspecified atom stereocenters. The fraction of sp³-hybridized carbons (Fsp3) is 0. The summed E-state index contributed by atoms with van der Waals surface area (Å²) in [6.07, 6.45) is 0. The monoisotopic (exact) mass is 453 g/mol. The van der Waals surface area contributed by atoms with Gasteiger partial charge < -0.3 is 10.2 Å². The molecule has 0 bridgehead atoms. The average molecular weight is 454 g/mol. The number of benzene rings is 4. The summed E-state index contributed by atoms with van der Waals surface area (Å²) in [6.45, 7) is 0. The summed E-state index contributed by atoms with van der Waals surface area (Å²) < 4.78 is 0. The molecule has 4 aromatic carbocycles. The van der Waals surface area contributed by atoms with Gasteiger partial charge in [0.05, 0.1) is 0 Å². The Morgan fingerprint density at radius 3 is 0.900 bits per heavy atom. The van der Waals surface area contributed by atoms with E-state index in [9.17, 15) is 0 Å². The number of para-hydroxylation sites is 4. The van der Waals surface area contributed by atoms with Crippen LogP contribution in [-0.2, 0) is 22.1 Å². The third kappa shape index (κ3) is 11.4. The predicted molar refractivity (Wildman–Crippen MR) is 111 cm³/mol. The minimum atomic E-state index is 0. The Balaban J connectivity index is 0.000000251. The molecule has 0 heterocycles. The van der Waals surface area contributed by atoms with E-state index in [0.717, 1.165) is 0 Å². The van der Waals surface area contributed by atoms with E-state index in [2.05, 4.69) is 5.04 Å². The average Bonchev–Trinajstić information content (AvgIpc) is 2.77. The molecule has 0 aliphatic heterocycles. The van der Waals surface area contributed by atoms with E-state index < -0.39 is 0 Å². The van der Waals surface area contributed by atoms with Crippen molar-refractivity contribution in [3.8, 4) is 23.0 Å². The topological polar surface area (TPSA) is 68.2 Å². The van der Waals surface area contributed by atoms with Gasteiger partial charge in [-0.3, -0.25) is 9.78 Å². The van der Waals surface area contributed by atoms with Gasteiger partial charge in [-0.15, -0.1) is 0 Å². The van der Waals surface area contributed by atoms with Crippen molar-refractivity contribution in [2.75, 3.05) is 0 Å². The fourth-order valence-electron chi connectivity index (χ4n) is 1.90. The van der Waals surface area contributed by atoms with Crippen molar-refractivity contribution in [3.63, 3.8) is 0 Å². The maximum absolute atomic E-state index is 8.63. The molecule has 0 aromatic heterocycles. The maximum Gasteiger partial charge on any atom is 0.169 e. The van der Waals surface area contributed by atoms with Crippen LogP contribution in [0.25, 0.3) is 0 Å². The van der Waals surface area contributed by atoms with Crippen molar-refractivity contribution in [2.24, 2.45) is 0 Å². The standard InChI is InChI=1S/C12H10O3.2C6H6O.Cu/c1-3-7-11(8-4-1)13-15-14-12-9-5-2-6-10-12;2*7-6-4-2-1-3-5-6;/h1-10H;2*1-5,7H;. The molecule has 0 amide bonds. The Morgan fingerprint density at radius 2 is 0.667 bits per heavy atom. The van der Waals surface area contributed by atoms with Gasteiger partial charge in [0.25, 0.3) is 0 Å². The van der Waals surface area contributed by atoms with Crippen molar-refractivity contribution >= 4 is 0 Å². The van der Waals surface area contributed by atoms with Crippen LogP contribution in [0.2, 0.25) is 0 Å². The zero-order valence-electron chi connectivity index (χ0n) is 16.0. The summed E-state index contributed by atoms with van der Waals surface area (Å²) >= 11 is 0. The number of hydrogen-bond acceptors (Lipinski definition) is 5. The summed E-state index contributed by atoms with van der Waals surface area (Å²) in [5, 5.41) is 21.9. The molecule has 2 N–H and O–H groups in total. The summed E-state index contributed by atoms with van der Waals surface area (Å²) in [4.78, 5) is 9.78. The minimum Gasteiger partial charge on any atom is -0.508 e. The van der Waals surface area contributed by atoms with E-state index >= 15 is 0 Å². The maximum atomic E-state index is 8.63. The van der Waals surface area contributed by atoms with Gasteiger partial charge in [0.15, 0.2) is 11.5 Å². The summed E-state index contributed by atoms with van der Waals surface area (Å²) in [6, 6.07) is 35.7. The van der Waals surface area contributed by atoms with Crippen molar-refractivity contribution in [2.45, 2.75) is 0 Å². The molecule has 0 aliphatic carbocycles. The zero-order valence-corrected chi connectivity index (χ0v) is 16.9. The van der Waals surface area contributed by atoms with Gasteiger partial charge in [-0.1, -0.05) is 72.8 Å². The molecule has 4 aromatic rings. The Kier molecular flexibility index (Phi) is 12.7. The second-order valence-electron chi connectivity index (χ2n) is 5.53. The second kappa shape index (κ2) is 15.5. The van der Waals surface area contributed by atoms with Crippen LogP contribution in [0.3, 0.4) is 0 Å². The number of aromatic hydroxyl groups is 2. The van der Waals surface area contributed by atoms with E-state index in [4.69, 9.17) is 20.0 Å². The summed E-state index contributed by atoms with van der Waals surface area (Å²) in [5.41, 5.74) is 0. The van der Waals surface area contributed by atoms with Crippen LogP contribution in [0.4, 0.5) is 0 Å². The molecule has 0 aliphatic rings. The number of phenols is 2. The van der Waals surface area contributed by atoms with Gasteiger partial charge in [0.2, 0.25) is 0 Å². The normalized spacial score (nSPS) is 8.80. The Morgan fingerprint density at radius 1 is 0.400 bits per heavy atom. The molecule has 0 spiro atoms. The molecule has 0 fully saturated rings. The molecule has 0 saturated carbocycles. The van der Waals surface area contributed by atoms with Gasteiger partial charge in [-0.2, -0.15) is 0 Å². The van der Waals surface area contributed by atoms with Crippen LogP contribution in [0.5, 0.6) is 23.0 Å². The molecular weight excluding hydrogens is 432 g/mol. The molecule has 6 heteroatoms. The van der Waals surface area contributed by atoms with Crippen LogP contribution < -0.4 is 9.78 Å². The molecule has 4 rings (SSSR count). The van der Waals surface area contributed by atoms with E-state index in [1.54, 1.807) is 72.8 Å². The first-order valence-corrected chi connectivity index (χ1v) is 8.83. The van der Waals surface area contributed by atoms with E-state index in [1.165, 1.54) is 0 Å². The third-order valence-corrected chi connectivity index (χ3v) is 3.26. The van der Waals surface area contributed by atoms with Crippen molar-refractivity contribution in [3.05, 3.63) is 121 Å². The van der Waals surface area contributed by atoms with Gasteiger partial charge in [0, 0.05) is 22.1 Å². The Labute approximate surface area is 186 Å². The molecule has 30 heavy (non-hydrogen) atoms. The van der Waals surface area contributed by atoms with E-state index in [1.807, 2.05) is 48.5 Å². The van der Waals surface area contributed by atoms with Crippen molar-refractivity contribution in [1.82, 2.24) is 0 Å². The van der Waals surface area contributed by atoms with Crippen LogP contribution >= 0.6 is 0 Å². The zero-order chi connectivity index (χ0) is 20.6. The second-order valence-corrected chi connectivity index (χ2v) is 5.53. The van der Waals surface area contributed by atoms with Gasteiger partial charge >= 0.3 is 0 Å². The van der Waals surface area contributed by atoms with Crippen LogP contribution in [0, 0.1) is 0 Å². The van der Waals surface area contributed by atoms with E-state index in [-0.39, 0.29) is 17.1 Å². The molecular formula is C24H22CuO5. The van der Waals surface area contributed by atoms with Crippen LogP contribution in [0.1, 0.15) is 0 Å². The first-order chi connectivity index (χ1) is 14.2. The van der Waals surface area contributed by atoms with E-state index in [0.29, 0.717) is 23.0 Å². The molecule has 5 nitrogen and oxygen atoms in total. The molecule has 0 atom stereocenters. The van der Waals surface area contributed by atoms with Crippen molar-refractivity contribution in [1.29, 1.82) is 0 Å². The Bertz CT molecular complexity index is 815. The van der Waals surface area contributed by atoms with Gasteiger partial charge in [-0.25, -0.2) is 0 Å². The van der Waals surface area contributed by atoms with Crippen LogP contribution in [0.15, 0.2) is 121 Å². The quantitative estimate of drug-likeness (QED) is 0.233. The Hall–Kier alpha value is -3.44. The predicted octanol–water partition coefficient (Wildman–Crippen LogP) is 5.77. The molecule has 1 radical (unpaired) electrons.